The molecule has 1 N–H and O–H groups in total. The number of rotatable bonds is 4. The van der Waals surface area contributed by atoms with E-state index in [0.29, 0.717) is 13.0 Å². The number of nitrogens with zero attached hydrogens (tertiary/aromatic N) is 1. The standard InChI is InChI=1S/C14H23NO5S/c1-5-6-19-12(17)15-8-11(7-10(15)9-16)21-13(18)20-14(2,3)4/h5,10-11,16H,1,6-9H2,2-4H3. The van der Waals surface area contributed by atoms with Gasteiger partial charge in [0.25, 0.3) is 0 Å². The SMILES string of the molecule is C=CCOC(=O)N1CC(SC(=O)OC(C)(C)C)CC1CO. The molecule has 1 saturated heterocycles. The molecule has 0 bridgehead atoms. The lowest BCUT2D eigenvalue weighted by Gasteiger charge is -2.21. The van der Waals surface area contributed by atoms with E-state index in [-0.39, 0.29) is 29.8 Å². The second-order valence-corrected chi connectivity index (χ2v) is 7.03. The average Bonchev–Trinajstić information content (AvgIpc) is 2.76. The highest BCUT2D eigenvalue weighted by molar-refractivity contribution is 8.13. The van der Waals surface area contributed by atoms with Crippen molar-refractivity contribution in [3.63, 3.8) is 0 Å². The van der Waals surface area contributed by atoms with Crippen molar-refractivity contribution >= 4 is 23.2 Å². The van der Waals surface area contributed by atoms with Gasteiger partial charge in [-0.25, -0.2) is 9.59 Å². The summed E-state index contributed by atoms with van der Waals surface area (Å²) in [5.74, 6) is 0. The van der Waals surface area contributed by atoms with Gasteiger partial charge in [0.1, 0.15) is 12.2 Å². The van der Waals surface area contributed by atoms with Crippen LogP contribution in [0, 0.1) is 0 Å². The monoisotopic (exact) mass is 317 g/mol. The summed E-state index contributed by atoms with van der Waals surface area (Å²) in [6.07, 6.45) is 1.51. The summed E-state index contributed by atoms with van der Waals surface area (Å²) in [4.78, 5) is 25.1. The Morgan fingerprint density at radius 3 is 2.67 bits per heavy atom. The van der Waals surface area contributed by atoms with Gasteiger partial charge in [0.05, 0.1) is 12.6 Å². The van der Waals surface area contributed by atoms with Gasteiger partial charge < -0.3 is 19.5 Å². The molecule has 0 aromatic heterocycles. The van der Waals surface area contributed by atoms with Gasteiger partial charge in [0.15, 0.2) is 0 Å². The molecule has 1 amide bonds. The molecule has 6 nitrogen and oxygen atoms in total. The minimum atomic E-state index is -0.540. The van der Waals surface area contributed by atoms with Crippen LogP contribution in [0.4, 0.5) is 9.59 Å². The smallest absolute Gasteiger partial charge is 0.410 e. The molecule has 1 heterocycles. The third-order valence-electron chi connectivity index (χ3n) is 2.80. The molecule has 21 heavy (non-hydrogen) atoms. The maximum absolute atomic E-state index is 11.9. The normalized spacial score (nSPS) is 22.0. The second-order valence-electron chi connectivity index (χ2n) is 5.79. The van der Waals surface area contributed by atoms with E-state index in [0.717, 1.165) is 11.8 Å². The van der Waals surface area contributed by atoms with E-state index in [4.69, 9.17) is 9.47 Å². The van der Waals surface area contributed by atoms with E-state index in [9.17, 15) is 14.7 Å². The topological polar surface area (TPSA) is 76.1 Å². The van der Waals surface area contributed by atoms with E-state index in [1.54, 1.807) is 20.8 Å². The van der Waals surface area contributed by atoms with Gasteiger partial charge in [-0.1, -0.05) is 12.7 Å². The number of carbonyl (C=O) groups is 2. The Kier molecular flexibility index (Phi) is 6.54. The summed E-state index contributed by atoms with van der Waals surface area (Å²) < 4.78 is 10.2. The molecule has 1 aliphatic heterocycles. The predicted molar refractivity (Wildman–Crippen MR) is 81.4 cm³/mol. The molecule has 1 fully saturated rings. The first-order valence-electron chi connectivity index (χ1n) is 6.81. The van der Waals surface area contributed by atoms with Crippen LogP contribution in [0.3, 0.4) is 0 Å². The van der Waals surface area contributed by atoms with Gasteiger partial charge in [-0.3, -0.25) is 0 Å². The Balaban J connectivity index is 2.54. The molecule has 1 rings (SSSR count). The summed E-state index contributed by atoms with van der Waals surface area (Å²) in [6, 6.07) is -0.331. The van der Waals surface area contributed by atoms with Gasteiger partial charge in [-0.2, -0.15) is 0 Å². The van der Waals surface area contributed by atoms with Gasteiger partial charge in [0, 0.05) is 11.8 Å². The van der Waals surface area contributed by atoms with Crippen LogP contribution in [0.5, 0.6) is 0 Å². The van der Waals surface area contributed by atoms with Gasteiger partial charge in [-0.05, 0) is 39.0 Å². The van der Waals surface area contributed by atoms with E-state index in [2.05, 4.69) is 6.58 Å². The molecule has 120 valence electrons. The highest BCUT2D eigenvalue weighted by Gasteiger charge is 2.37. The third kappa shape index (κ3) is 5.97. The Bertz CT molecular complexity index is 393. The van der Waals surface area contributed by atoms with Crippen molar-refractivity contribution in [2.75, 3.05) is 19.8 Å². The number of carbonyl (C=O) groups excluding carboxylic acids is 2. The van der Waals surface area contributed by atoms with Crippen molar-refractivity contribution < 1.29 is 24.2 Å². The summed E-state index contributed by atoms with van der Waals surface area (Å²) in [7, 11) is 0. The first kappa shape index (κ1) is 17.8. The maximum Gasteiger partial charge on any atom is 0.410 e. The van der Waals surface area contributed by atoms with Crippen LogP contribution >= 0.6 is 11.8 Å². The first-order chi connectivity index (χ1) is 9.76. The van der Waals surface area contributed by atoms with Crippen LogP contribution in [0.2, 0.25) is 0 Å². The Hall–Kier alpha value is -1.21. The second kappa shape index (κ2) is 7.70. The highest BCUT2D eigenvalue weighted by atomic mass is 32.2. The van der Waals surface area contributed by atoms with Crippen LogP contribution in [0.1, 0.15) is 27.2 Å². The van der Waals surface area contributed by atoms with Crippen LogP contribution in [-0.4, -0.2) is 58.1 Å². The van der Waals surface area contributed by atoms with Gasteiger partial charge >= 0.3 is 11.4 Å². The fourth-order valence-corrected chi connectivity index (χ4v) is 3.10. The molecule has 0 radical (unpaired) electrons. The molecule has 0 aliphatic carbocycles. The van der Waals surface area contributed by atoms with Crippen LogP contribution < -0.4 is 0 Å². The molecule has 2 unspecified atom stereocenters. The molecular formula is C14H23NO5S. The number of ether oxygens (including phenoxy) is 2. The minimum absolute atomic E-state index is 0.103. The number of hydrogen-bond acceptors (Lipinski definition) is 6. The lowest BCUT2D eigenvalue weighted by molar-refractivity contribution is 0.0736. The van der Waals surface area contributed by atoms with Crippen molar-refractivity contribution in [2.45, 2.75) is 44.1 Å². The minimum Gasteiger partial charge on any atom is -0.452 e. The first-order valence-corrected chi connectivity index (χ1v) is 7.69. The number of aliphatic hydroxyl groups is 1. The molecule has 0 aromatic carbocycles. The quantitative estimate of drug-likeness (QED) is 0.634. The molecule has 1 aliphatic rings. The maximum atomic E-state index is 11.9. The fraction of sp³-hybridized carbons (Fsp3) is 0.714. The molecule has 0 spiro atoms. The Morgan fingerprint density at radius 1 is 1.48 bits per heavy atom. The van der Waals surface area contributed by atoms with E-state index >= 15 is 0 Å². The summed E-state index contributed by atoms with van der Waals surface area (Å²) in [5.41, 5.74) is -0.540. The summed E-state index contributed by atoms with van der Waals surface area (Å²) >= 11 is 1.06. The third-order valence-corrected chi connectivity index (χ3v) is 3.75. The van der Waals surface area contributed by atoms with Crippen LogP contribution in [0.25, 0.3) is 0 Å². The molecule has 2 atom stereocenters. The summed E-state index contributed by atoms with van der Waals surface area (Å²) in [5, 5.41) is 8.88. The zero-order valence-corrected chi connectivity index (χ0v) is 13.5. The highest BCUT2D eigenvalue weighted by Crippen LogP contribution is 2.30. The number of thioether (sulfide) groups is 1. The van der Waals surface area contributed by atoms with Crippen molar-refractivity contribution in [3.05, 3.63) is 12.7 Å². The Labute approximate surface area is 129 Å². The number of likely N-dealkylation sites (tertiary alicyclic amines) is 1. The largest absolute Gasteiger partial charge is 0.452 e. The number of aliphatic hydroxyl groups excluding tert-OH is 1. The molecular weight excluding hydrogens is 294 g/mol. The number of amides is 1. The van der Waals surface area contributed by atoms with Crippen LogP contribution in [0.15, 0.2) is 12.7 Å². The molecule has 7 heteroatoms. The van der Waals surface area contributed by atoms with Crippen LogP contribution in [-0.2, 0) is 9.47 Å². The van der Waals surface area contributed by atoms with Crippen molar-refractivity contribution in [1.82, 2.24) is 4.90 Å². The zero-order chi connectivity index (χ0) is 16.0. The lowest BCUT2D eigenvalue weighted by Crippen LogP contribution is -2.38. The number of hydrogen-bond donors (Lipinski definition) is 1. The van der Waals surface area contributed by atoms with Crippen molar-refractivity contribution in [2.24, 2.45) is 0 Å². The average molecular weight is 317 g/mol. The lowest BCUT2D eigenvalue weighted by atomic mass is 10.2. The van der Waals surface area contributed by atoms with Crippen molar-refractivity contribution in [3.8, 4) is 0 Å². The molecule has 0 saturated carbocycles. The molecule has 0 aromatic rings. The van der Waals surface area contributed by atoms with E-state index in [1.165, 1.54) is 11.0 Å². The van der Waals surface area contributed by atoms with Gasteiger partial charge in [0.2, 0.25) is 0 Å². The summed E-state index contributed by atoms with van der Waals surface area (Å²) in [6.45, 7) is 9.20. The fourth-order valence-electron chi connectivity index (χ4n) is 1.98. The predicted octanol–water partition coefficient (Wildman–Crippen LogP) is 2.41. The van der Waals surface area contributed by atoms with E-state index < -0.39 is 11.7 Å². The van der Waals surface area contributed by atoms with Crippen molar-refractivity contribution in [1.29, 1.82) is 0 Å². The van der Waals surface area contributed by atoms with E-state index in [1.807, 2.05) is 0 Å². The van der Waals surface area contributed by atoms with Gasteiger partial charge in [-0.15, -0.1) is 0 Å². The Morgan fingerprint density at radius 2 is 2.14 bits per heavy atom. The zero-order valence-electron chi connectivity index (χ0n) is 12.7.